The molecule has 2 aliphatic carbocycles. The largest absolute Gasteiger partial charge is 0.459 e. The molecule has 7 nitrogen and oxygen atoms in total. The molecule has 2 aliphatic heterocycles. The summed E-state index contributed by atoms with van der Waals surface area (Å²) >= 11 is 0. The standard InChI is InChI=1S/C30H27NO6/c32-26-24-16-23-17-25(26)31(28(34)37-19-21-12-6-2-7-13-21)29(24,30(23,35)22-14-8-3-9-15-22)27(33)36-18-20-10-4-1-5-11-20/h1-15,23-25,35H,16-19H2. The second kappa shape index (κ2) is 8.85. The van der Waals surface area contributed by atoms with Gasteiger partial charge in [0.05, 0.1) is 12.0 Å². The minimum absolute atomic E-state index is 0.0237. The fraction of sp³-hybridized carbons (Fsp3) is 0.300. The molecule has 7 heteroatoms. The molecule has 1 N–H and O–H groups in total. The predicted molar refractivity (Wildman–Crippen MR) is 133 cm³/mol. The summed E-state index contributed by atoms with van der Waals surface area (Å²) in [5.41, 5.74) is -1.70. The Morgan fingerprint density at radius 1 is 0.811 bits per heavy atom. The number of piperidine rings is 1. The third-order valence-corrected chi connectivity index (χ3v) is 8.21. The van der Waals surface area contributed by atoms with E-state index in [0.29, 0.717) is 12.0 Å². The molecule has 3 aromatic carbocycles. The normalized spacial score (nSPS) is 29.4. The molecule has 2 saturated heterocycles. The number of esters is 1. The summed E-state index contributed by atoms with van der Waals surface area (Å²) in [6.07, 6.45) is -0.255. The Morgan fingerprint density at radius 2 is 1.35 bits per heavy atom. The van der Waals surface area contributed by atoms with Crippen LogP contribution in [0.1, 0.15) is 29.5 Å². The van der Waals surface area contributed by atoms with Gasteiger partial charge < -0.3 is 14.6 Å². The van der Waals surface area contributed by atoms with Crippen molar-refractivity contribution in [3.05, 3.63) is 108 Å². The molecular formula is C30H27NO6. The molecule has 5 unspecified atom stereocenters. The van der Waals surface area contributed by atoms with Crippen molar-refractivity contribution in [3.8, 4) is 0 Å². The number of carbonyl (C=O) groups excluding carboxylic acids is 3. The number of hydrogen-bond acceptors (Lipinski definition) is 6. The van der Waals surface area contributed by atoms with Gasteiger partial charge in [0.2, 0.25) is 0 Å². The SMILES string of the molecule is O=C1C2CC3CC1C(C(=O)OCc1ccccc1)(N2C(=O)OCc1ccccc1)C3(O)c1ccccc1. The first-order chi connectivity index (χ1) is 18.0. The Morgan fingerprint density at radius 3 is 1.95 bits per heavy atom. The first-order valence-electron chi connectivity index (χ1n) is 12.5. The van der Waals surface area contributed by atoms with Crippen LogP contribution >= 0.6 is 0 Å². The van der Waals surface area contributed by atoms with Crippen molar-refractivity contribution in [1.82, 2.24) is 4.90 Å². The van der Waals surface area contributed by atoms with E-state index in [2.05, 4.69) is 0 Å². The van der Waals surface area contributed by atoms with Gasteiger partial charge in [-0.15, -0.1) is 0 Å². The van der Waals surface area contributed by atoms with Gasteiger partial charge in [0.15, 0.2) is 11.3 Å². The Balaban J connectivity index is 1.42. The topological polar surface area (TPSA) is 93.1 Å². The van der Waals surface area contributed by atoms with E-state index in [0.717, 1.165) is 11.1 Å². The first-order valence-corrected chi connectivity index (χ1v) is 12.5. The molecular weight excluding hydrogens is 470 g/mol. The molecule has 37 heavy (non-hydrogen) atoms. The lowest BCUT2D eigenvalue weighted by Gasteiger charge is -2.51. The van der Waals surface area contributed by atoms with Crippen LogP contribution in [0.5, 0.6) is 0 Å². The monoisotopic (exact) mass is 497 g/mol. The zero-order valence-electron chi connectivity index (χ0n) is 20.2. The molecule has 4 bridgehead atoms. The second-order valence-electron chi connectivity index (χ2n) is 10.0. The van der Waals surface area contributed by atoms with Crippen LogP contribution in [0, 0.1) is 11.8 Å². The Labute approximate surface area is 214 Å². The fourth-order valence-electron chi connectivity index (χ4n) is 6.68. The van der Waals surface area contributed by atoms with Crippen molar-refractivity contribution in [2.24, 2.45) is 11.8 Å². The summed E-state index contributed by atoms with van der Waals surface area (Å²) in [7, 11) is 0. The average Bonchev–Trinajstić information content (AvgIpc) is 3.22. The lowest BCUT2D eigenvalue weighted by molar-refractivity contribution is -0.192. The highest BCUT2D eigenvalue weighted by Crippen LogP contribution is 2.67. The lowest BCUT2D eigenvalue weighted by atomic mass is 9.68. The Bertz CT molecular complexity index is 1330. The first kappa shape index (κ1) is 23.4. The molecule has 2 heterocycles. The average molecular weight is 498 g/mol. The summed E-state index contributed by atoms with van der Waals surface area (Å²) in [4.78, 5) is 42.6. The van der Waals surface area contributed by atoms with E-state index in [-0.39, 0.29) is 31.3 Å². The fourth-order valence-corrected chi connectivity index (χ4v) is 6.68. The maximum atomic E-state index is 14.1. The molecule has 0 aromatic heterocycles. The van der Waals surface area contributed by atoms with Gasteiger partial charge in [-0.3, -0.25) is 9.69 Å². The predicted octanol–water partition coefficient (Wildman–Crippen LogP) is 3.99. The van der Waals surface area contributed by atoms with Crippen molar-refractivity contribution >= 4 is 17.8 Å². The Kier molecular flexibility index (Phi) is 5.60. The summed E-state index contributed by atoms with van der Waals surface area (Å²) in [6.45, 7) is -0.0699. The molecule has 3 aromatic rings. The molecule has 188 valence electrons. The van der Waals surface area contributed by atoms with Crippen molar-refractivity contribution < 1.29 is 29.0 Å². The van der Waals surface area contributed by atoms with Gasteiger partial charge in [-0.25, -0.2) is 9.59 Å². The summed E-state index contributed by atoms with van der Waals surface area (Å²) in [5, 5.41) is 12.5. The van der Waals surface area contributed by atoms with E-state index in [1.807, 2.05) is 66.7 Å². The van der Waals surface area contributed by atoms with E-state index in [1.54, 1.807) is 24.3 Å². The summed E-state index contributed by atoms with van der Waals surface area (Å²) in [6, 6.07) is 26.3. The number of hydrogen-bond donors (Lipinski definition) is 1. The van der Waals surface area contributed by atoms with Crippen molar-refractivity contribution in [2.75, 3.05) is 0 Å². The number of amides is 1. The van der Waals surface area contributed by atoms with Crippen LogP contribution in [0.15, 0.2) is 91.0 Å². The highest BCUT2D eigenvalue weighted by atomic mass is 16.6. The smallest absolute Gasteiger partial charge is 0.411 e. The van der Waals surface area contributed by atoms with Gasteiger partial charge in [0.1, 0.15) is 18.8 Å². The van der Waals surface area contributed by atoms with E-state index in [4.69, 9.17) is 9.47 Å². The molecule has 5 atom stereocenters. The third kappa shape index (κ3) is 3.34. The minimum Gasteiger partial charge on any atom is -0.459 e. The number of benzene rings is 3. The van der Waals surface area contributed by atoms with Gasteiger partial charge in [-0.2, -0.15) is 0 Å². The minimum atomic E-state index is -1.92. The van der Waals surface area contributed by atoms with Gasteiger partial charge in [-0.1, -0.05) is 91.0 Å². The number of rotatable bonds is 6. The lowest BCUT2D eigenvalue weighted by Crippen LogP contribution is -2.71. The van der Waals surface area contributed by atoms with Crippen LogP contribution < -0.4 is 0 Å². The highest BCUT2D eigenvalue weighted by Gasteiger charge is 2.83. The van der Waals surface area contributed by atoms with Crippen molar-refractivity contribution in [3.63, 3.8) is 0 Å². The van der Waals surface area contributed by atoms with Crippen LogP contribution in [-0.2, 0) is 37.9 Å². The maximum Gasteiger partial charge on any atom is 0.411 e. The van der Waals surface area contributed by atoms with Gasteiger partial charge in [0, 0.05) is 0 Å². The quantitative estimate of drug-likeness (QED) is 0.518. The number of carbonyl (C=O) groups is 3. The van der Waals surface area contributed by atoms with Crippen LogP contribution in [-0.4, -0.2) is 39.4 Å². The summed E-state index contributed by atoms with van der Waals surface area (Å²) in [5.74, 6) is -2.28. The zero-order chi connectivity index (χ0) is 25.6. The molecule has 0 radical (unpaired) electrons. The molecule has 2 saturated carbocycles. The van der Waals surface area contributed by atoms with Crippen LogP contribution in [0.4, 0.5) is 4.79 Å². The summed E-state index contributed by atoms with van der Waals surface area (Å²) < 4.78 is 11.4. The van der Waals surface area contributed by atoms with Crippen molar-refractivity contribution in [1.29, 1.82) is 0 Å². The molecule has 4 fully saturated rings. The van der Waals surface area contributed by atoms with Gasteiger partial charge >= 0.3 is 12.1 Å². The molecule has 4 aliphatic rings. The van der Waals surface area contributed by atoms with Crippen LogP contribution in [0.25, 0.3) is 0 Å². The van der Waals surface area contributed by atoms with Crippen LogP contribution in [0.3, 0.4) is 0 Å². The second-order valence-corrected chi connectivity index (χ2v) is 10.0. The van der Waals surface area contributed by atoms with E-state index >= 15 is 0 Å². The van der Waals surface area contributed by atoms with Crippen LogP contribution in [0.2, 0.25) is 0 Å². The molecule has 7 rings (SSSR count). The number of Topliss-reactive ketones (excluding diaryl/α,β-unsaturated/α-hetero) is 1. The van der Waals surface area contributed by atoms with E-state index < -0.39 is 35.2 Å². The van der Waals surface area contributed by atoms with Gasteiger partial charge in [0.25, 0.3) is 0 Å². The van der Waals surface area contributed by atoms with E-state index in [9.17, 15) is 19.5 Å². The number of aliphatic hydroxyl groups is 1. The van der Waals surface area contributed by atoms with Crippen molar-refractivity contribution in [2.45, 2.75) is 43.2 Å². The van der Waals surface area contributed by atoms with Gasteiger partial charge in [-0.05, 0) is 35.4 Å². The molecule has 0 spiro atoms. The Hall–Kier alpha value is -3.97. The number of nitrogens with zero attached hydrogens (tertiary/aromatic N) is 1. The number of ether oxygens (including phenoxy) is 2. The zero-order valence-corrected chi connectivity index (χ0v) is 20.2. The maximum absolute atomic E-state index is 14.1. The molecule has 1 amide bonds. The highest BCUT2D eigenvalue weighted by molar-refractivity contribution is 6.05. The van der Waals surface area contributed by atoms with E-state index in [1.165, 1.54) is 4.90 Å². The number of ketones is 1. The third-order valence-electron chi connectivity index (χ3n) is 8.21.